The van der Waals surface area contributed by atoms with Gasteiger partial charge in [0, 0.05) is 17.8 Å². The van der Waals surface area contributed by atoms with Gasteiger partial charge >= 0.3 is 0 Å². The maximum Gasteiger partial charge on any atom is 0.299 e. The molecule has 1 heterocycles. The van der Waals surface area contributed by atoms with Gasteiger partial charge in [0.15, 0.2) is 0 Å². The van der Waals surface area contributed by atoms with E-state index in [1.165, 1.54) is 29.9 Å². The second kappa shape index (κ2) is 5.61. The molecule has 0 radical (unpaired) electrons. The summed E-state index contributed by atoms with van der Waals surface area (Å²) in [5.74, 6) is 0. The lowest BCUT2D eigenvalue weighted by Crippen LogP contribution is -2.23. The Morgan fingerprint density at radius 3 is 2.76 bits per heavy atom. The quantitative estimate of drug-likeness (QED) is 0.512. The highest BCUT2D eigenvalue weighted by molar-refractivity contribution is 5.59. The number of nitrogen functional groups attached to an aromatic ring is 1. The number of hydrogen-bond acceptors (Lipinski definition) is 6. The van der Waals surface area contributed by atoms with E-state index in [9.17, 15) is 14.9 Å². The first-order valence-electron chi connectivity index (χ1n) is 6.07. The molecule has 0 bridgehead atoms. The number of rotatable bonds is 4. The number of aromatic nitrogens is 2. The van der Waals surface area contributed by atoms with E-state index in [1.807, 2.05) is 0 Å². The van der Waals surface area contributed by atoms with Crippen LogP contribution in [-0.2, 0) is 6.54 Å². The Bertz CT molecular complexity index is 754. The maximum atomic E-state index is 12.0. The number of ether oxygens (including phenoxy) is 1. The van der Waals surface area contributed by atoms with Gasteiger partial charge in [-0.2, -0.15) is 0 Å². The molecule has 0 spiro atoms. The van der Waals surface area contributed by atoms with Crippen molar-refractivity contribution >= 4 is 11.4 Å². The summed E-state index contributed by atoms with van der Waals surface area (Å²) in [6.45, 7) is 1.79. The van der Waals surface area contributed by atoms with E-state index in [2.05, 4.69) is 4.98 Å². The van der Waals surface area contributed by atoms with Crippen molar-refractivity contribution in [3.05, 3.63) is 56.0 Å². The first kappa shape index (κ1) is 14.5. The van der Waals surface area contributed by atoms with E-state index >= 15 is 0 Å². The molecular formula is C13H14N4O4. The Balaban J connectivity index is 2.46. The van der Waals surface area contributed by atoms with Crippen molar-refractivity contribution in [1.29, 1.82) is 0 Å². The van der Waals surface area contributed by atoms with E-state index < -0.39 is 4.92 Å². The van der Waals surface area contributed by atoms with Gasteiger partial charge in [-0.05, 0) is 18.6 Å². The molecular weight excluding hydrogens is 276 g/mol. The van der Waals surface area contributed by atoms with Gasteiger partial charge < -0.3 is 10.5 Å². The highest BCUT2D eigenvalue weighted by Gasteiger charge is 2.14. The normalized spacial score (nSPS) is 10.4. The van der Waals surface area contributed by atoms with Crippen LogP contribution in [-0.4, -0.2) is 21.6 Å². The molecule has 8 nitrogen and oxygen atoms in total. The van der Waals surface area contributed by atoms with Gasteiger partial charge in [0.2, 0.25) is 0 Å². The first-order chi connectivity index (χ1) is 9.92. The van der Waals surface area contributed by atoms with Gasteiger partial charge in [-0.3, -0.25) is 19.5 Å². The molecule has 0 fully saturated rings. The molecule has 0 amide bonds. The van der Waals surface area contributed by atoms with Crippen LogP contribution in [0.15, 0.2) is 29.1 Å². The SMILES string of the molecule is COc1nc(C)cc(=O)n1Cc1ccc(N)c([N+](=O)[O-])c1. The molecule has 0 unspecified atom stereocenters. The van der Waals surface area contributed by atoms with Gasteiger partial charge in [-0.15, -0.1) is 0 Å². The summed E-state index contributed by atoms with van der Waals surface area (Å²) in [6.07, 6.45) is 0. The summed E-state index contributed by atoms with van der Waals surface area (Å²) in [5, 5.41) is 10.9. The predicted molar refractivity (Wildman–Crippen MR) is 76.4 cm³/mol. The minimum atomic E-state index is -0.563. The summed E-state index contributed by atoms with van der Waals surface area (Å²) in [5.41, 5.74) is 6.22. The fraction of sp³-hybridized carbons (Fsp3) is 0.231. The molecule has 2 rings (SSSR count). The van der Waals surface area contributed by atoms with Crippen molar-refractivity contribution in [3.63, 3.8) is 0 Å². The van der Waals surface area contributed by atoms with Crippen LogP contribution < -0.4 is 16.0 Å². The third-order valence-electron chi connectivity index (χ3n) is 2.92. The number of hydrogen-bond donors (Lipinski definition) is 1. The van der Waals surface area contributed by atoms with Crippen LogP contribution in [0.5, 0.6) is 6.01 Å². The van der Waals surface area contributed by atoms with Crippen molar-refractivity contribution in [1.82, 2.24) is 9.55 Å². The Kier molecular flexibility index (Phi) is 3.88. The summed E-state index contributed by atoms with van der Waals surface area (Å²) in [4.78, 5) is 26.4. The van der Waals surface area contributed by atoms with E-state index in [1.54, 1.807) is 13.0 Å². The molecule has 0 aliphatic rings. The Morgan fingerprint density at radius 1 is 1.43 bits per heavy atom. The Morgan fingerprint density at radius 2 is 2.14 bits per heavy atom. The van der Waals surface area contributed by atoms with Crippen molar-refractivity contribution in [2.24, 2.45) is 0 Å². The molecule has 110 valence electrons. The lowest BCUT2D eigenvalue weighted by molar-refractivity contribution is -0.384. The lowest BCUT2D eigenvalue weighted by atomic mass is 10.1. The van der Waals surface area contributed by atoms with Crippen LogP contribution in [0.2, 0.25) is 0 Å². The lowest BCUT2D eigenvalue weighted by Gasteiger charge is -2.11. The highest BCUT2D eigenvalue weighted by atomic mass is 16.6. The molecule has 0 atom stereocenters. The zero-order valence-electron chi connectivity index (χ0n) is 11.6. The monoisotopic (exact) mass is 290 g/mol. The second-order valence-corrected chi connectivity index (χ2v) is 4.46. The van der Waals surface area contributed by atoms with Crippen molar-refractivity contribution < 1.29 is 9.66 Å². The Labute approximate surface area is 120 Å². The molecule has 1 aromatic carbocycles. The largest absolute Gasteiger partial charge is 0.468 e. The van der Waals surface area contributed by atoms with E-state index in [0.717, 1.165) is 0 Å². The van der Waals surface area contributed by atoms with Crippen LogP contribution in [0.4, 0.5) is 11.4 Å². The summed E-state index contributed by atoms with van der Waals surface area (Å²) >= 11 is 0. The average Bonchev–Trinajstić information content (AvgIpc) is 2.42. The molecule has 0 saturated carbocycles. The number of methoxy groups -OCH3 is 1. The van der Waals surface area contributed by atoms with Crippen LogP contribution in [0.25, 0.3) is 0 Å². The molecule has 2 aromatic rings. The summed E-state index contributed by atoms with van der Waals surface area (Å²) in [6, 6.07) is 5.91. The predicted octanol–water partition coefficient (Wildman–Crippen LogP) is 1.10. The topological polar surface area (TPSA) is 113 Å². The summed E-state index contributed by atoms with van der Waals surface area (Å²) < 4.78 is 6.37. The van der Waals surface area contributed by atoms with Gasteiger partial charge in [0.25, 0.3) is 17.3 Å². The minimum absolute atomic E-state index is 0.0742. The molecule has 0 aliphatic carbocycles. The second-order valence-electron chi connectivity index (χ2n) is 4.46. The molecule has 8 heteroatoms. The van der Waals surface area contributed by atoms with Gasteiger partial charge in [0.05, 0.1) is 18.6 Å². The first-order valence-corrected chi connectivity index (χ1v) is 6.07. The number of anilines is 1. The van der Waals surface area contributed by atoms with Gasteiger partial charge in [-0.25, -0.2) is 4.98 Å². The zero-order chi connectivity index (χ0) is 15.6. The van der Waals surface area contributed by atoms with Crippen molar-refractivity contribution in [3.8, 4) is 6.01 Å². The standard InChI is InChI=1S/C13H14N4O4/c1-8-5-12(18)16(13(15-8)21-2)7-9-3-4-10(14)11(6-9)17(19)20/h3-6H,7,14H2,1-2H3. The maximum absolute atomic E-state index is 12.0. The van der Waals surface area contributed by atoms with E-state index in [-0.39, 0.29) is 29.5 Å². The van der Waals surface area contributed by atoms with Crippen molar-refractivity contribution in [2.75, 3.05) is 12.8 Å². The number of aryl methyl sites for hydroxylation is 1. The fourth-order valence-corrected chi connectivity index (χ4v) is 1.92. The average molecular weight is 290 g/mol. The fourth-order valence-electron chi connectivity index (χ4n) is 1.92. The molecule has 2 N–H and O–H groups in total. The highest BCUT2D eigenvalue weighted by Crippen LogP contribution is 2.23. The van der Waals surface area contributed by atoms with E-state index in [4.69, 9.17) is 10.5 Å². The zero-order valence-corrected chi connectivity index (χ0v) is 11.6. The molecule has 1 aromatic heterocycles. The third-order valence-corrected chi connectivity index (χ3v) is 2.92. The Hall–Kier alpha value is -2.90. The number of nitro benzene ring substituents is 1. The number of nitrogens with two attached hydrogens (primary N) is 1. The molecule has 21 heavy (non-hydrogen) atoms. The van der Waals surface area contributed by atoms with Crippen LogP contribution in [0, 0.1) is 17.0 Å². The van der Waals surface area contributed by atoms with Gasteiger partial charge in [0.1, 0.15) is 5.69 Å². The van der Waals surface area contributed by atoms with Gasteiger partial charge in [-0.1, -0.05) is 6.07 Å². The number of nitro groups is 1. The van der Waals surface area contributed by atoms with Crippen LogP contribution >= 0.6 is 0 Å². The van der Waals surface area contributed by atoms with Crippen molar-refractivity contribution in [2.45, 2.75) is 13.5 Å². The number of benzene rings is 1. The molecule has 0 saturated heterocycles. The van der Waals surface area contributed by atoms with E-state index in [0.29, 0.717) is 11.3 Å². The van der Waals surface area contributed by atoms with Crippen LogP contribution in [0.3, 0.4) is 0 Å². The third kappa shape index (κ3) is 2.99. The smallest absolute Gasteiger partial charge is 0.299 e. The minimum Gasteiger partial charge on any atom is -0.468 e. The van der Waals surface area contributed by atoms with Crippen LogP contribution in [0.1, 0.15) is 11.3 Å². The summed E-state index contributed by atoms with van der Waals surface area (Å²) in [7, 11) is 1.41. The molecule has 0 aliphatic heterocycles. The number of nitrogens with zero attached hydrogens (tertiary/aromatic N) is 3.